The highest BCUT2D eigenvalue weighted by molar-refractivity contribution is 5.93. The van der Waals surface area contributed by atoms with Crippen LogP contribution in [0.25, 0.3) is 21.8 Å². The van der Waals surface area contributed by atoms with Crippen LogP contribution in [0.3, 0.4) is 0 Å². The lowest BCUT2D eigenvalue weighted by molar-refractivity contribution is 0.211. The number of fused-ring (bicyclic) bond motifs is 2. The first-order chi connectivity index (χ1) is 36.8. The van der Waals surface area contributed by atoms with Crippen LogP contribution in [0.15, 0.2) is 97.1 Å². The fourth-order valence-electron chi connectivity index (χ4n) is 10.3. The summed E-state index contributed by atoms with van der Waals surface area (Å²) >= 11 is 0. The van der Waals surface area contributed by atoms with E-state index < -0.39 is 0 Å². The van der Waals surface area contributed by atoms with Gasteiger partial charge in [0.05, 0.1) is 24.8 Å². The molecule has 2 aromatic heterocycles. The summed E-state index contributed by atoms with van der Waals surface area (Å²) in [5, 5.41) is 13.1. The number of aromatic nitrogens is 4. The van der Waals surface area contributed by atoms with Gasteiger partial charge in [-0.1, -0.05) is 67.1 Å². The highest BCUT2D eigenvalue weighted by Crippen LogP contribution is 2.36. The highest BCUT2D eigenvalue weighted by atomic mass is 16.5. The molecule has 404 valence electrons. The summed E-state index contributed by atoms with van der Waals surface area (Å²) in [6.07, 6.45) is 12.0. The van der Waals surface area contributed by atoms with Crippen LogP contribution in [0.5, 0.6) is 11.5 Å². The van der Waals surface area contributed by atoms with Gasteiger partial charge in [0.1, 0.15) is 11.6 Å². The molecule has 0 radical (unpaired) electrons. The second-order valence-corrected chi connectivity index (χ2v) is 20.7. The van der Waals surface area contributed by atoms with Gasteiger partial charge in [-0.05, 0) is 140 Å². The van der Waals surface area contributed by atoms with Crippen molar-refractivity contribution in [3.8, 4) is 11.5 Å². The molecular formula is C59H86N14O2. The van der Waals surface area contributed by atoms with E-state index in [-0.39, 0.29) is 0 Å². The number of nitrogens with two attached hydrogens (primary N) is 2. The summed E-state index contributed by atoms with van der Waals surface area (Å²) in [7, 11) is 5.86. The molecule has 0 bridgehead atoms. The Kier molecular flexibility index (Phi) is 21.6. The third-order valence-corrected chi connectivity index (χ3v) is 14.7. The molecule has 9 rings (SSSR count). The van der Waals surface area contributed by atoms with Gasteiger partial charge in [0.2, 0.25) is 11.9 Å². The summed E-state index contributed by atoms with van der Waals surface area (Å²) in [4.78, 5) is 31.9. The van der Waals surface area contributed by atoms with E-state index in [1.807, 2.05) is 12.1 Å². The van der Waals surface area contributed by atoms with Crippen molar-refractivity contribution in [2.24, 2.45) is 11.5 Å². The van der Waals surface area contributed by atoms with Crippen LogP contribution < -0.4 is 46.7 Å². The number of anilines is 5. The topological polar surface area (TPSA) is 174 Å². The van der Waals surface area contributed by atoms with Crippen LogP contribution in [0.2, 0.25) is 0 Å². The van der Waals surface area contributed by atoms with E-state index in [9.17, 15) is 0 Å². The van der Waals surface area contributed by atoms with E-state index in [2.05, 4.69) is 139 Å². The molecule has 75 heavy (non-hydrogen) atoms. The maximum atomic E-state index is 6.11. The smallest absolute Gasteiger partial charge is 0.228 e. The van der Waals surface area contributed by atoms with Crippen molar-refractivity contribution >= 4 is 51.0 Å². The minimum Gasteiger partial charge on any atom is -0.493 e. The van der Waals surface area contributed by atoms with E-state index in [1.54, 1.807) is 7.11 Å². The number of para-hydroxylation sites is 2. The van der Waals surface area contributed by atoms with Crippen LogP contribution in [0.4, 0.5) is 29.2 Å². The summed E-state index contributed by atoms with van der Waals surface area (Å²) in [6, 6.07) is 34.6. The van der Waals surface area contributed by atoms with Crippen LogP contribution >= 0.6 is 0 Å². The summed E-state index contributed by atoms with van der Waals surface area (Å²) in [5.41, 5.74) is 15.8. The van der Waals surface area contributed by atoms with E-state index in [0.717, 1.165) is 182 Å². The molecule has 4 aromatic carbocycles. The van der Waals surface area contributed by atoms with E-state index in [4.69, 9.17) is 40.9 Å². The van der Waals surface area contributed by atoms with Crippen LogP contribution in [-0.4, -0.2) is 160 Å². The maximum absolute atomic E-state index is 6.11. The number of hydrogen-bond acceptors (Lipinski definition) is 16. The first-order valence-corrected chi connectivity index (χ1v) is 28.0. The highest BCUT2D eigenvalue weighted by Gasteiger charge is 2.25. The molecule has 3 aliphatic heterocycles. The number of nitrogens with zero attached hydrogens (tertiary/aromatic N) is 9. The second kappa shape index (κ2) is 29.3. The maximum Gasteiger partial charge on any atom is 0.228 e. The summed E-state index contributed by atoms with van der Waals surface area (Å²) < 4.78 is 11.8. The number of hydrogen-bond donors (Lipinski definition) is 5. The molecule has 3 saturated heterocycles. The molecule has 6 aromatic rings. The molecule has 16 heteroatoms. The quantitative estimate of drug-likeness (QED) is 0.0345. The Labute approximate surface area is 447 Å². The van der Waals surface area contributed by atoms with E-state index in [0.29, 0.717) is 42.7 Å². The minimum absolute atomic E-state index is 0.370. The number of unbranched alkanes of at least 4 members (excludes halogenated alkanes) is 4. The Morgan fingerprint density at radius 1 is 0.587 bits per heavy atom. The summed E-state index contributed by atoms with van der Waals surface area (Å²) in [5.74, 6) is 4.72. The van der Waals surface area contributed by atoms with Crippen molar-refractivity contribution in [2.45, 2.75) is 89.3 Å². The first kappa shape index (κ1) is 55.2. The second-order valence-electron chi connectivity index (χ2n) is 20.7. The standard InChI is InChI=1S/C30H34N6.C29H52N8O2/c1-3-9-24(10-4-1)23-34-17-15-25(16-18-34)31-29-27-13-7-8-14-28(27)32-30(33-29)36-21-19-35(20-22-36)26-11-5-2-6-12-26;1-36(2)16-10-15-32-29-34-25-22-27(39-20-9-5-7-14-31)26(38-3)21-24(25)28(35-29)33-23-11-18-37(19-12-23)17-8-4-6-13-30/h1-14,25H,15-23H2,(H,31,32,33);21-23H,4-20,30-31H2,1-3H3,(H2,32,33,34,35). The number of rotatable bonds is 25. The first-order valence-electron chi connectivity index (χ1n) is 28.0. The zero-order valence-electron chi connectivity index (χ0n) is 45.3. The van der Waals surface area contributed by atoms with Crippen molar-refractivity contribution in [1.29, 1.82) is 0 Å². The van der Waals surface area contributed by atoms with Crippen molar-refractivity contribution in [2.75, 3.05) is 139 Å². The summed E-state index contributed by atoms with van der Waals surface area (Å²) in [6.45, 7) is 14.3. The fraction of sp³-hybridized carbons (Fsp3) is 0.525. The van der Waals surface area contributed by atoms with Gasteiger partial charge in [-0.2, -0.15) is 9.97 Å². The zero-order valence-corrected chi connectivity index (χ0v) is 45.3. The molecule has 7 N–H and O–H groups in total. The van der Waals surface area contributed by atoms with E-state index in [1.165, 1.54) is 24.1 Å². The van der Waals surface area contributed by atoms with Gasteiger partial charge >= 0.3 is 0 Å². The lowest BCUT2D eigenvalue weighted by Crippen LogP contribution is -2.47. The van der Waals surface area contributed by atoms with E-state index >= 15 is 0 Å². The van der Waals surface area contributed by atoms with Gasteiger partial charge in [0.15, 0.2) is 11.5 Å². The molecular weight excluding hydrogens is 937 g/mol. The van der Waals surface area contributed by atoms with Crippen molar-refractivity contribution < 1.29 is 9.47 Å². The number of piperidine rings is 2. The lowest BCUT2D eigenvalue weighted by atomic mass is 10.0. The number of nitrogens with one attached hydrogen (secondary N) is 3. The number of benzene rings is 4. The van der Waals surface area contributed by atoms with Gasteiger partial charge in [-0.3, -0.25) is 4.90 Å². The average Bonchev–Trinajstić information content (AvgIpc) is 3.45. The third kappa shape index (κ3) is 16.7. The average molecular weight is 1020 g/mol. The van der Waals surface area contributed by atoms with Crippen molar-refractivity contribution in [1.82, 2.24) is 34.6 Å². The Bertz CT molecular complexity index is 2580. The molecule has 0 unspecified atom stereocenters. The van der Waals surface area contributed by atoms with Crippen LogP contribution in [0.1, 0.15) is 76.2 Å². The SMILES string of the molecule is COc1cc2c(NC3CCN(CCCCCN)CC3)nc(NCCCN(C)C)nc2cc1OCCCCCN.c1ccc(CN2CCC(Nc3nc(N4CCN(c5ccccc5)CC4)nc4ccccc34)CC2)cc1. The predicted molar refractivity (Wildman–Crippen MR) is 311 cm³/mol. The molecule has 3 fully saturated rings. The van der Waals surface area contributed by atoms with Gasteiger partial charge in [-0.25, -0.2) is 9.97 Å². The van der Waals surface area contributed by atoms with Crippen molar-refractivity contribution in [3.63, 3.8) is 0 Å². The fourth-order valence-corrected chi connectivity index (χ4v) is 10.3. The largest absolute Gasteiger partial charge is 0.493 e. The van der Waals surface area contributed by atoms with Gasteiger partial charge < -0.3 is 56.5 Å². The van der Waals surface area contributed by atoms with Crippen LogP contribution in [0, 0.1) is 0 Å². The van der Waals surface area contributed by atoms with Gasteiger partial charge in [0.25, 0.3) is 0 Å². The zero-order chi connectivity index (χ0) is 52.0. The van der Waals surface area contributed by atoms with Gasteiger partial charge in [0, 0.05) is 100 Å². The number of ether oxygens (including phenoxy) is 2. The molecule has 0 saturated carbocycles. The Morgan fingerprint density at radius 2 is 1.21 bits per heavy atom. The predicted octanol–water partition coefficient (Wildman–Crippen LogP) is 8.55. The Morgan fingerprint density at radius 3 is 1.89 bits per heavy atom. The monoisotopic (exact) mass is 1020 g/mol. The Hall–Kier alpha value is -6.04. The lowest BCUT2D eigenvalue weighted by Gasteiger charge is -2.36. The molecule has 3 aliphatic rings. The molecule has 0 spiro atoms. The molecule has 5 heterocycles. The number of piperazine rings is 1. The Balaban J connectivity index is 0.000000200. The third-order valence-electron chi connectivity index (χ3n) is 14.7. The van der Waals surface area contributed by atoms with Gasteiger partial charge in [-0.15, -0.1) is 0 Å². The molecule has 0 atom stereocenters. The molecule has 0 aliphatic carbocycles. The normalized spacial score (nSPS) is 16.0. The van der Waals surface area contributed by atoms with Crippen LogP contribution in [-0.2, 0) is 6.54 Å². The minimum atomic E-state index is 0.370. The molecule has 0 amide bonds. The van der Waals surface area contributed by atoms with Crippen molar-refractivity contribution in [3.05, 3.63) is 103 Å². The molecule has 16 nitrogen and oxygen atoms in total. The number of methoxy groups -OCH3 is 1. The number of likely N-dealkylation sites (tertiary alicyclic amines) is 2.